The zero-order valence-corrected chi connectivity index (χ0v) is 17.9. The Labute approximate surface area is 174 Å². The van der Waals surface area contributed by atoms with Crippen LogP contribution in [0.15, 0.2) is 42.5 Å². The normalized spacial score (nSPS) is 15.6. The van der Waals surface area contributed by atoms with E-state index in [1.807, 2.05) is 12.1 Å². The van der Waals surface area contributed by atoms with E-state index < -0.39 is 0 Å². The van der Waals surface area contributed by atoms with E-state index in [1.165, 1.54) is 24.5 Å². The van der Waals surface area contributed by atoms with Crippen LogP contribution >= 0.6 is 0 Å². The number of rotatable bonds is 9. The van der Waals surface area contributed by atoms with E-state index in [0.717, 1.165) is 38.3 Å². The molecule has 1 aliphatic heterocycles. The van der Waals surface area contributed by atoms with Crippen LogP contribution in [0.4, 0.5) is 4.39 Å². The predicted octanol–water partition coefficient (Wildman–Crippen LogP) is 4.23. The van der Waals surface area contributed by atoms with E-state index in [0.29, 0.717) is 23.8 Å². The molecule has 2 aromatic rings. The van der Waals surface area contributed by atoms with E-state index in [-0.39, 0.29) is 5.82 Å². The van der Waals surface area contributed by atoms with Gasteiger partial charge in [0.25, 0.3) is 0 Å². The van der Waals surface area contributed by atoms with Crippen molar-refractivity contribution < 1.29 is 13.9 Å². The Hall–Kier alpha value is -2.11. The number of benzene rings is 2. The minimum atomic E-state index is -0.161. The number of methoxy groups -OCH3 is 2. The Bertz CT molecular complexity index is 758. The van der Waals surface area contributed by atoms with Crippen LogP contribution in [0.2, 0.25) is 0 Å². The zero-order chi connectivity index (χ0) is 20.6. The summed E-state index contributed by atoms with van der Waals surface area (Å²) in [5.74, 6) is 2.13. The summed E-state index contributed by atoms with van der Waals surface area (Å²) in [6, 6.07) is 13.3. The van der Waals surface area contributed by atoms with Gasteiger partial charge in [-0.1, -0.05) is 12.1 Å². The molecule has 4 nitrogen and oxygen atoms in total. The number of hydrogen-bond donors (Lipinski definition) is 0. The first-order valence-electron chi connectivity index (χ1n) is 10.4. The van der Waals surface area contributed by atoms with Crippen LogP contribution < -0.4 is 9.47 Å². The molecule has 0 bridgehead atoms. The Balaban J connectivity index is 1.40. The van der Waals surface area contributed by atoms with Crippen LogP contribution in [0, 0.1) is 11.7 Å². The van der Waals surface area contributed by atoms with Crippen LogP contribution in [-0.2, 0) is 13.0 Å². The molecule has 0 aromatic heterocycles. The first kappa shape index (κ1) is 21.6. The molecule has 0 saturated carbocycles. The highest BCUT2D eigenvalue weighted by atomic mass is 19.1. The van der Waals surface area contributed by atoms with Gasteiger partial charge in [0.1, 0.15) is 17.3 Å². The first-order valence-corrected chi connectivity index (χ1v) is 10.4. The fourth-order valence-electron chi connectivity index (χ4n) is 4.07. The van der Waals surface area contributed by atoms with Crippen LogP contribution in [-0.4, -0.2) is 57.2 Å². The van der Waals surface area contributed by atoms with Crippen molar-refractivity contribution in [1.82, 2.24) is 9.80 Å². The lowest BCUT2D eigenvalue weighted by Crippen LogP contribution is -2.38. The quantitative estimate of drug-likeness (QED) is 0.629. The molecule has 0 atom stereocenters. The van der Waals surface area contributed by atoms with Gasteiger partial charge in [-0.05, 0) is 81.2 Å². The summed E-state index contributed by atoms with van der Waals surface area (Å²) in [7, 11) is 5.39. The SMILES string of the molecule is COc1ccc(CCN2CCC(CN(C)Cc3cc(OC)ccc3F)CC2)cc1. The maximum atomic E-state index is 14.1. The maximum Gasteiger partial charge on any atom is 0.127 e. The third-order valence-corrected chi connectivity index (χ3v) is 5.85. The lowest BCUT2D eigenvalue weighted by atomic mass is 9.95. The van der Waals surface area contributed by atoms with E-state index in [9.17, 15) is 4.39 Å². The van der Waals surface area contributed by atoms with Crippen LogP contribution in [0.5, 0.6) is 11.5 Å². The average molecular weight is 401 g/mol. The Morgan fingerprint density at radius 1 is 1.00 bits per heavy atom. The van der Waals surface area contributed by atoms with Gasteiger partial charge < -0.3 is 19.3 Å². The molecule has 3 rings (SSSR count). The molecule has 5 heteroatoms. The van der Waals surface area contributed by atoms with Crippen molar-refractivity contribution in [3.63, 3.8) is 0 Å². The lowest BCUT2D eigenvalue weighted by Gasteiger charge is -2.34. The topological polar surface area (TPSA) is 24.9 Å². The number of nitrogens with zero attached hydrogens (tertiary/aromatic N) is 2. The summed E-state index contributed by atoms with van der Waals surface area (Å²) in [5.41, 5.74) is 2.05. The third-order valence-electron chi connectivity index (χ3n) is 5.85. The van der Waals surface area contributed by atoms with Crippen molar-refractivity contribution >= 4 is 0 Å². The summed E-state index contributed by atoms with van der Waals surface area (Å²) in [5, 5.41) is 0. The lowest BCUT2D eigenvalue weighted by molar-refractivity contribution is 0.153. The van der Waals surface area contributed by atoms with Crippen LogP contribution in [0.1, 0.15) is 24.0 Å². The van der Waals surface area contributed by atoms with Gasteiger partial charge in [-0.25, -0.2) is 4.39 Å². The summed E-state index contributed by atoms with van der Waals surface area (Å²) < 4.78 is 24.5. The second-order valence-electron chi connectivity index (χ2n) is 8.04. The summed E-state index contributed by atoms with van der Waals surface area (Å²) >= 11 is 0. The second-order valence-corrected chi connectivity index (χ2v) is 8.04. The minimum absolute atomic E-state index is 0.161. The number of likely N-dealkylation sites (tertiary alicyclic amines) is 1. The molecule has 1 fully saturated rings. The molecule has 0 amide bonds. The fourth-order valence-corrected chi connectivity index (χ4v) is 4.07. The molecule has 2 aromatic carbocycles. The summed E-state index contributed by atoms with van der Waals surface area (Å²) in [6.07, 6.45) is 3.48. The molecule has 0 aliphatic carbocycles. The highest BCUT2D eigenvalue weighted by Crippen LogP contribution is 2.22. The fraction of sp³-hybridized carbons (Fsp3) is 0.500. The van der Waals surface area contributed by atoms with Crippen molar-refractivity contribution in [3.8, 4) is 11.5 Å². The molecule has 158 valence electrons. The van der Waals surface area contributed by atoms with E-state index in [1.54, 1.807) is 26.4 Å². The second kappa shape index (κ2) is 10.6. The van der Waals surface area contributed by atoms with Crippen molar-refractivity contribution in [3.05, 3.63) is 59.4 Å². The molecule has 1 saturated heterocycles. The number of piperidine rings is 1. The van der Waals surface area contributed by atoms with E-state index in [4.69, 9.17) is 9.47 Å². The van der Waals surface area contributed by atoms with E-state index in [2.05, 4.69) is 29.0 Å². The van der Waals surface area contributed by atoms with Gasteiger partial charge in [-0.3, -0.25) is 0 Å². The largest absolute Gasteiger partial charge is 0.497 e. The Morgan fingerprint density at radius 3 is 2.31 bits per heavy atom. The Kier molecular flexibility index (Phi) is 7.90. The van der Waals surface area contributed by atoms with Gasteiger partial charge in [0.15, 0.2) is 0 Å². The summed E-state index contributed by atoms with van der Waals surface area (Å²) in [6.45, 7) is 5.00. The molecule has 0 unspecified atom stereocenters. The van der Waals surface area contributed by atoms with Crippen molar-refractivity contribution in [2.45, 2.75) is 25.8 Å². The van der Waals surface area contributed by atoms with Gasteiger partial charge in [-0.15, -0.1) is 0 Å². The molecule has 1 heterocycles. The molecule has 1 aliphatic rings. The van der Waals surface area contributed by atoms with Crippen molar-refractivity contribution in [1.29, 1.82) is 0 Å². The molecular formula is C24H33FN2O2. The summed E-state index contributed by atoms with van der Waals surface area (Å²) in [4.78, 5) is 4.79. The predicted molar refractivity (Wildman–Crippen MR) is 115 cm³/mol. The van der Waals surface area contributed by atoms with Gasteiger partial charge in [0.05, 0.1) is 14.2 Å². The smallest absolute Gasteiger partial charge is 0.127 e. The number of hydrogen-bond acceptors (Lipinski definition) is 4. The monoisotopic (exact) mass is 400 g/mol. The Morgan fingerprint density at radius 2 is 1.66 bits per heavy atom. The molecule has 0 N–H and O–H groups in total. The minimum Gasteiger partial charge on any atom is -0.497 e. The standard InChI is InChI=1S/C24H33FN2O2/c1-26(18-21-16-23(29-3)8-9-24(21)25)17-20-11-14-27(15-12-20)13-10-19-4-6-22(28-2)7-5-19/h4-9,16,20H,10-15,17-18H2,1-3H3. The molecule has 0 spiro atoms. The van der Waals surface area contributed by atoms with Crippen LogP contribution in [0.3, 0.4) is 0 Å². The number of ether oxygens (including phenoxy) is 2. The van der Waals surface area contributed by atoms with Gasteiger partial charge in [0.2, 0.25) is 0 Å². The van der Waals surface area contributed by atoms with Gasteiger partial charge in [-0.2, -0.15) is 0 Å². The van der Waals surface area contributed by atoms with Crippen molar-refractivity contribution in [2.24, 2.45) is 5.92 Å². The first-order chi connectivity index (χ1) is 14.1. The average Bonchev–Trinajstić information content (AvgIpc) is 2.75. The highest BCUT2D eigenvalue weighted by molar-refractivity contribution is 5.30. The molecular weight excluding hydrogens is 367 g/mol. The highest BCUT2D eigenvalue weighted by Gasteiger charge is 2.20. The molecule has 29 heavy (non-hydrogen) atoms. The van der Waals surface area contributed by atoms with Gasteiger partial charge in [0, 0.05) is 25.2 Å². The zero-order valence-electron chi connectivity index (χ0n) is 17.9. The third kappa shape index (κ3) is 6.44. The van der Waals surface area contributed by atoms with E-state index >= 15 is 0 Å². The van der Waals surface area contributed by atoms with Gasteiger partial charge >= 0.3 is 0 Å². The number of halogens is 1. The molecule has 0 radical (unpaired) electrons. The van der Waals surface area contributed by atoms with Crippen LogP contribution in [0.25, 0.3) is 0 Å². The maximum absolute atomic E-state index is 14.1. The van der Waals surface area contributed by atoms with Crippen molar-refractivity contribution in [2.75, 3.05) is 47.4 Å².